The summed E-state index contributed by atoms with van der Waals surface area (Å²) in [7, 11) is -2.03. The van der Waals surface area contributed by atoms with E-state index < -0.39 is 10.0 Å². The van der Waals surface area contributed by atoms with Gasteiger partial charge in [-0.1, -0.05) is 6.07 Å². The maximum Gasteiger partial charge on any atom is 0.244 e. The molecule has 0 aromatic heterocycles. The third-order valence-electron chi connectivity index (χ3n) is 2.85. The highest BCUT2D eigenvalue weighted by Crippen LogP contribution is 2.28. The van der Waals surface area contributed by atoms with Crippen LogP contribution in [-0.2, 0) is 16.4 Å². The first-order valence-corrected chi connectivity index (χ1v) is 7.44. The van der Waals surface area contributed by atoms with Crippen LogP contribution >= 0.6 is 0 Å². The van der Waals surface area contributed by atoms with E-state index >= 15 is 0 Å². The van der Waals surface area contributed by atoms with Gasteiger partial charge in [0.25, 0.3) is 0 Å². The Kier molecular flexibility index (Phi) is 3.89. The Labute approximate surface area is 107 Å². The van der Waals surface area contributed by atoms with Crippen LogP contribution in [0.2, 0.25) is 0 Å². The van der Waals surface area contributed by atoms with Crippen molar-refractivity contribution < 1.29 is 13.2 Å². The zero-order chi connectivity index (χ0) is 13.2. The van der Waals surface area contributed by atoms with E-state index in [-0.39, 0.29) is 10.9 Å². The number of hydrogen-bond acceptors (Lipinski definition) is 4. The maximum atomic E-state index is 12.2. The molecule has 3 N–H and O–H groups in total. The van der Waals surface area contributed by atoms with Crippen molar-refractivity contribution in [3.63, 3.8) is 0 Å². The summed E-state index contributed by atoms with van der Waals surface area (Å²) in [6, 6.07) is 5.22. The molecule has 18 heavy (non-hydrogen) atoms. The zero-order valence-corrected chi connectivity index (χ0v) is 11.2. The predicted molar refractivity (Wildman–Crippen MR) is 69.1 cm³/mol. The first-order chi connectivity index (χ1) is 8.56. The van der Waals surface area contributed by atoms with E-state index in [1.165, 1.54) is 7.11 Å². The van der Waals surface area contributed by atoms with E-state index in [9.17, 15) is 8.42 Å². The maximum absolute atomic E-state index is 12.2. The van der Waals surface area contributed by atoms with Crippen molar-refractivity contribution in [1.29, 1.82) is 0 Å². The lowest BCUT2D eigenvalue weighted by atomic mass is 10.1. The molecule has 1 saturated carbocycles. The van der Waals surface area contributed by atoms with Crippen LogP contribution in [0, 0.1) is 0 Å². The van der Waals surface area contributed by atoms with E-state index in [1.54, 1.807) is 12.1 Å². The number of methoxy groups -OCH3 is 1. The summed E-state index contributed by atoms with van der Waals surface area (Å²) in [6.07, 6.45) is 2.46. The molecule has 1 fully saturated rings. The molecule has 0 heterocycles. The molecule has 0 saturated heterocycles. The van der Waals surface area contributed by atoms with Gasteiger partial charge in [-0.25, -0.2) is 13.1 Å². The molecule has 0 atom stereocenters. The molecule has 1 aromatic carbocycles. The highest BCUT2D eigenvalue weighted by molar-refractivity contribution is 7.89. The largest absolute Gasteiger partial charge is 0.495 e. The van der Waals surface area contributed by atoms with Crippen molar-refractivity contribution in [1.82, 2.24) is 4.72 Å². The van der Waals surface area contributed by atoms with Crippen molar-refractivity contribution in [3.8, 4) is 5.75 Å². The summed E-state index contributed by atoms with van der Waals surface area (Å²) in [5, 5.41) is 0. The summed E-state index contributed by atoms with van der Waals surface area (Å²) < 4.78 is 32.2. The lowest BCUT2D eigenvalue weighted by Gasteiger charge is -2.11. The van der Waals surface area contributed by atoms with Gasteiger partial charge in [0.1, 0.15) is 10.6 Å². The highest BCUT2D eigenvalue weighted by Gasteiger charge is 2.29. The molecule has 0 bridgehead atoms. The van der Waals surface area contributed by atoms with Gasteiger partial charge in [-0.3, -0.25) is 0 Å². The third kappa shape index (κ3) is 3.01. The molecular formula is C12H18N2O3S. The predicted octanol–water partition coefficient (Wildman–Crippen LogP) is 0.637. The van der Waals surface area contributed by atoms with Crippen molar-refractivity contribution >= 4 is 10.0 Å². The van der Waals surface area contributed by atoms with Crippen LogP contribution in [-0.4, -0.2) is 28.1 Å². The number of rotatable bonds is 6. The van der Waals surface area contributed by atoms with Gasteiger partial charge in [0, 0.05) is 6.04 Å². The van der Waals surface area contributed by atoms with Crippen molar-refractivity contribution in [3.05, 3.63) is 23.8 Å². The van der Waals surface area contributed by atoms with Crippen LogP contribution in [0.1, 0.15) is 18.4 Å². The molecule has 0 spiro atoms. The third-order valence-corrected chi connectivity index (χ3v) is 4.39. The van der Waals surface area contributed by atoms with E-state index in [0.29, 0.717) is 18.7 Å². The Morgan fingerprint density at radius 3 is 2.72 bits per heavy atom. The minimum atomic E-state index is -3.50. The van der Waals surface area contributed by atoms with Crippen LogP contribution in [0.4, 0.5) is 0 Å². The molecule has 2 rings (SSSR count). The van der Waals surface area contributed by atoms with Crippen LogP contribution in [0.25, 0.3) is 0 Å². The monoisotopic (exact) mass is 270 g/mol. The Bertz CT molecular complexity index is 524. The fraction of sp³-hybridized carbons (Fsp3) is 0.500. The average molecular weight is 270 g/mol. The Balaban J connectivity index is 2.35. The fourth-order valence-electron chi connectivity index (χ4n) is 1.74. The van der Waals surface area contributed by atoms with Gasteiger partial charge in [0.2, 0.25) is 10.0 Å². The number of nitrogens with two attached hydrogens (primary N) is 1. The van der Waals surface area contributed by atoms with Crippen molar-refractivity contribution in [2.45, 2.75) is 30.2 Å². The van der Waals surface area contributed by atoms with Crippen molar-refractivity contribution in [2.24, 2.45) is 5.73 Å². The number of ether oxygens (including phenoxy) is 1. The van der Waals surface area contributed by atoms with E-state index in [4.69, 9.17) is 10.5 Å². The second-order valence-corrected chi connectivity index (χ2v) is 6.10. The van der Waals surface area contributed by atoms with Gasteiger partial charge in [-0.15, -0.1) is 0 Å². The smallest absolute Gasteiger partial charge is 0.244 e. The average Bonchev–Trinajstić information content (AvgIpc) is 3.12. The fourth-order valence-corrected chi connectivity index (χ4v) is 3.26. The van der Waals surface area contributed by atoms with Crippen LogP contribution in [0.5, 0.6) is 5.75 Å². The standard InChI is InChI=1S/C12H18N2O3S/c1-17-11-5-2-9(6-7-13)8-12(11)18(15,16)14-10-3-4-10/h2,5,8,10,14H,3-4,6-7,13H2,1H3. The summed E-state index contributed by atoms with van der Waals surface area (Å²) in [6.45, 7) is 0.488. The molecule has 1 aliphatic carbocycles. The zero-order valence-electron chi connectivity index (χ0n) is 10.3. The molecule has 1 aromatic rings. The lowest BCUT2D eigenvalue weighted by Crippen LogP contribution is -2.26. The number of sulfonamides is 1. The molecule has 5 nitrogen and oxygen atoms in total. The summed E-state index contributed by atoms with van der Waals surface area (Å²) in [5.74, 6) is 0.365. The minimum absolute atomic E-state index is 0.0814. The number of benzene rings is 1. The summed E-state index contributed by atoms with van der Waals surface area (Å²) >= 11 is 0. The van der Waals surface area contributed by atoms with Crippen LogP contribution in [0.3, 0.4) is 0 Å². The normalized spacial score (nSPS) is 15.7. The quantitative estimate of drug-likeness (QED) is 0.794. The first kappa shape index (κ1) is 13.3. The van der Waals surface area contributed by atoms with E-state index in [2.05, 4.69) is 4.72 Å². The first-order valence-electron chi connectivity index (χ1n) is 5.96. The molecule has 6 heteroatoms. The van der Waals surface area contributed by atoms with Crippen LogP contribution < -0.4 is 15.2 Å². The molecule has 0 amide bonds. The second-order valence-electron chi connectivity index (χ2n) is 4.42. The van der Waals surface area contributed by atoms with Gasteiger partial charge in [-0.2, -0.15) is 0 Å². The van der Waals surface area contributed by atoms with Crippen molar-refractivity contribution in [2.75, 3.05) is 13.7 Å². The molecule has 1 aliphatic rings. The molecule has 0 aliphatic heterocycles. The second kappa shape index (κ2) is 5.26. The Morgan fingerprint density at radius 2 is 2.17 bits per heavy atom. The topological polar surface area (TPSA) is 81.4 Å². The summed E-state index contributed by atoms with van der Waals surface area (Å²) in [5.41, 5.74) is 6.38. The highest BCUT2D eigenvalue weighted by atomic mass is 32.2. The van der Waals surface area contributed by atoms with E-state index in [1.807, 2.05) is 6.07 Å². The van der Waals surface area contributed by atoms with Gasteiger partial charge < -0.3 is 10.5 Å². The Hall–Kier alpha value is -1.11. The SMILES string of the molecule is COc1ccc(CCN)cc1S(=O)(=O)NC1CC1. The van der Waals surface area contributed by atoms with Gasteiger partial charge >= 0.3 is 0 Å². The molecule has 0 unspecified atom stereocenters. The van der Waals surface area contributed by atoms with Gasteiger partial charge in [0.15, 0.2) is 0 Å². The molecule has 0 radical (unpaired) electrons. The number of hydrogen-bond donors (Lipinski definition) is 2. The van der Waals surface area contributed by atoms with E-state index in [0.717, 1.165) is 18.4 Å². The van der Waals surface area contributed by atoms with Gasteiger partial charge in [0.05, 0.1) is 7.11 Å². The van der Waals surface area contributed by atoms with Gasteiger partial charge in [-0.05, 0) is 43.5 Å². The van der Waals surface area contributed by atoms with Crippen LogP contribution in [0.15, 0.2) is 23.1 Å². The summed E-state index contributed by atoms with van der Waals surface area (Å²) in [4.78, 5) is 0.197. The lowest BCUT2D eigenvalue weighted by molar-refractivity contribution is 0.402. The Morgan fingerprint density at radius 1 is 1.44 bits per heavy atom. The minimum Gasteiger partial charge on any atom is -0.495 e. The molecule has 100 valence electrons. The molecular weight excluding hydrogens is 252 g/mol. The number of nitrogens with one attached hydrogen (secondary N) is 1.